The normalized spacial score (nSPS) is 11.6. The standard InChI is InChI=1S/C42H27NO/c1-3-12-28(13-4-1)30-16-11-17-31(24-30)33-25-32(29-14-5-2-6-15-29)26-34(27-33)43-39-20-9-7-18-35(39)37-22-23-38-36-19-8-10-21-40(36)44-42(38)41(37)43/h1-27H. The van der Waals surface area contributed by atoms with Gasteiger partial charge in [-0.15, -0.1) is 0 Å². The van der Waals surface area contributed by atoms with E-state index in [4.69, 9.17) is 4.42 Å². The lowest BCUT2D eigenvalue weighted by Crippen LogP contribution is -1.96. The molecule has 0 aliphatic heterocycles. The Bertz CT molecular complexity index is 2480. The van der Waals surface area contributed by atoms with Crippen LogP contribution in [-0.2, 0) is 0 Å². The fourth-order valence-electron chi connectivity index (χ4n) is 6.71. The Kier molecular flexibility index (Phi) is 5.54. The molecule has 0 saturated carbocycles. The molecule has 2 heterocycles. The highest BCUT2D eigenvalue weighted by Gasteiger charge is 2.20. The molecule has 206 valence electrons. The van der Waals surface area contributed by atoms with E-state index in [0.29, 0.717) is 0 Å². The molecule has 0 spiro atoms. The summed E-state index contributed by atoms with van der Waals surface area (Å²) in [6.45, 7) is 0. The molecule has 0 bridgehead atoms. The molecule has 2 heteroatoms. The molecule has 0 saturated heterocycles. The van der Waals surface area contributed by atoms with Gasteiger partial charge in [-0.2, -0.15) is 0 Å². The van der Waals surface area contributed by atoms with Crippen molar-refractivity contribution in [1.29, 1.82) is 0 Å². The monoisotopic (exact) mass is 561 g/mol. The van der Waals surface area contributed by atoms with E-state index in [2.05, 4.69) is 162 Å². The fraction of sp³-hybridized carbons (Fsp3) is 0. The quantitative estimate of drug-likeness (QED) is 0.209. The lowest BCUT2D eigenvalue weighted by atomic mass is 9.95. The minimum absolute atomic E-state index is 0.906. The molecule has 7 aromatic carbocycles. The summed E-state index contributed by atoms with van der Waals surface area (Å²) >= 11 is 0. The van der Waals surface area contributed by atoms with Gasteiger partial charge in [0.25, 0.3) is 0 Å². The van der Waals surface area contributed by atoms with E-state index < -0.39 is 0 Å². The second kappa shape index (κ2) is 9.86. The van der Waals surface area contributed by atoms with Crippen molar-refractivity contribution in [3.05, 3.63) is 164 Å². The molecule has 2 nitrogen and oxygen atoms in total. The van der Waals surface area contributed by atoms with E-state index >= 15 is 0 Å². The van der Waals surface area contributed by atoms with Gasteiger partial charge in [0.1, 0.15) is 5.58 Å². The SMILES string of the molecule is c1ccc(-c2cccc(-c3cc(-c4ccccc4)cc(-n4c5ccccc5c5ccc6c7ccccc7oc6c54)c3)c2)cc1. The van der Waals surface area contributed by atoms with Crippen LogP contribution in [0.1, 0.15) is 0 Å². The zero-order chi connectivity index (χ0) is 29.0. The Labute approximate surface area is 255 Å². The van der Waals surface area contributed by atoms with Crippen molar-refractivity contribution in [3.8, 4) is 39.1 Å². The van der Waals surface area contributed by atoms with Crippen LogP contribution in [0.4, 0.5) is 0 Å². The number of aromatic nitrogens is 1. The van der Waals surface area contributed by atoms with Crippen LogP contribution in [-0.4, -0.2) is 4.57 Å². The van der Waals surface area contributed by atoms with Crippen molar-refractivity contribution in [2.24, 2.45) is 0 Å². The summed E-state index contributed by atoms with van der Waals surface area (Å²) in [4.78, 5) is 0. The Morgan fingerprint density at radius 1 is 0.364 bits per heavy atom. The number of nitrogens with zero attached hydrogens (tertiary/aromatic N) is 1. The van der Waals surface area contributed by atoms with Gasteiger partial charge in [-0.3, -0.25) is 0 Å². The molecular formula is C42H27NO. The number of hydrogen-bond acceptors (Lipinski definition) is 1. The van der Waals surface area contributed by atoms with Crippen LogP contribution in [0.2, 0.25) is 0 Å². The molecule has 0 amide bonds. The Morgan fingerprint density at radius 3 is 1.68 bits per heavy atom. The van der Waals surface area contributed by atoms with E-state index in [9.17, 15) is 0 Å². The van der Waals surface area contributed by atoms with Crippen LogP contribution in [0.25, 0.3) is 82.8 Å². The zero-order valence-corrected chi connectivity index (χ0v) is 23.9. The third-order valence-electron chi connectivity index (χ3n) is 8.77. The number of rotatable bonds is 4. The summed E-state index contributed by atoms with van der Waals surface area (Å²) in [6.07, 6.45) is 0. The first-order valence-corrected chi connectivity index (χ1v) is 15.0. The number of fused-ring (bicyclic) bond motifs is 7. The van der Waals surface area contributed by atoms with Gasteiger partial charge in [-0.1, -0.05) is 121 Å². The highest BCUT2D eigenvalue weighted by atomic mass is 16.3. The first kappa shape index (κ1) is 24.7. The Balaban J connectivity index is 1.37. The molecule has 0 radical (unpaired) electrons. The van der Waals surface area contributed by atoms with Gasteiger partial charge in [0, 0.05) is 27.2 Å². The maximum atomic E-state index is 6.63. The van der Waals surface area contributed by atoms with Crippen LogP contribution >= 0.6 is 0 Å². The molecular weight excluding hydrogens is 534 g/mol. The van der Waals surface area contributed by atoms with Gasteiger partial charge in [-0.05, 0) is 75.8 Å². The fourth-order valence-corrected chi connectivity index (χ4v) is 6.71. The summed E-state index contributed by atoms with van der Waals surface area (Å²) in [6, 6.07) is 58.5. The Hall–Kier alpha value is -5.86. The Morgan fingerprint density at radius 2 is 0.909 bits per heavy atom. The van der Waals surface area contributed by atoms with E-state index in [0.717, 1.165) is 38.7 Å². The van der Waals surface area contributed by atoms with Crippen LogP contribution < -0.4 is 0 Å². The lowest BCUT2D eigenvalue weighted by Gasteiger charge is -2.15. The lowest BCUT2D eigenvalue weighted by molar-refractivity contribution is 0.671. The molecule has 0 fully saturated rings. The van der Waals surface area contributed by atoms with Crippen molar-refractivity contribution in [2.75, 3.05) is 0 Å². The van der Waals surface area contributed by atoms with Crippen molar-refractivity contribution < 1.29 is 4.42 Å². The molecule has 9 rings (SSSR count). The molecule has 44 heavy (non-hydrogen) atoms. The van der Waals surface area contributed by atoms with Gasteiger partial charge in [-0.25, -0.2) is 0 Å². The van der Waals surface area contributed by atoms with Gasteiger partial charge >= 0.3 is 0 Å². The first-order chi connectivity index (χ1) is 21.8. The number of para-hydroxylation sites is 2. The van der Waals surface area contributed by atoms with Crippen LogP contribution in [0.15, 0.2) is 168 Å². The molecule has 2 aromatic heterocycles. The molecule has 0 unspecified atom stereocenters. The van der Waals surface area contributed by atoms with Gasteiger partial charge in [0.15, 0.2) is 5.58 Å². The predicted molar refractivity (Wildman–Crippen MR) is 184 cm³/mol. The molecule has 0 N–H and O–H groups in total. The minimum Gasteiger partial charge on any atom is -0.454 e. The first-order valence-electron chi connectivity index (χ1n) is 15.0. The van der Waals surface area contributed by atoms with Gasteiger partial charge < -0.3 is 8.98 Å². The summed E-state index contributed by atoms with van der Waals surface area (Å²) < 4.78 is 9.03. The van der Waals surface area contributed by atoms with Crippen molar-refractivity contribution in [2.45, 2.75) is 0 Å². The maximum absolute atomic E-state index is 6.63. The second-order valence-corrected chi connectivity index (χ2v) is 11.4. The predicted octanol–water partition coefficient (Wildman–Crippen LogP) is 11.7. The highest BCUT2D eigenvalue weighted by molar-refractivity contribution is 6.21. The van der Waals surface area contributed by atoms with E-state index in [1.807, 2.05) is 6.07 Å². The average molecular weight is 562 g/mol. The van der Waals surface area contributed by atoms with Crippen LogP contribution in [0.3, 0.4) is 0 Å². The number of furan rings is 1. The van der Waals surface area contributed by atoms with E-state index in [1.165, 1.54) is 44.2 Å². The van der Waals surface area contributed by atoms with Gasteiger partial charge in [0.05, 0.1) is 11.0 Å². The van der Waals surface area contributed by atoms with Crippen molar-refractivity contribution in [1.82, 2.24) is 4.57 Å². The smallest absolute Gasteiger partial charge is 0.160 e. The maximum Gasteiger partial charge on any atom is 0.160 e. The summed E-state index contributed by atoms with van der Waals surface area (Å²) in [7, 11) is 0. The topological polar surface area (TPSA) is 18.1 Å². The van der Waals surface area contributed by atoms with Crippen molar-refractivity contribution >= 4 is 43.7 Å². The third-order valence-corrected chi connectivity index (χ3v) is 8.77. The highest BCUT2D eigenvalue weighted by Crippen LogP contribution is 2.41. The van der Waals surface area contributed by atoms with Crippen LogP contribution in [0, 0.1) is 0 Å². The molecule has 0 aliphatic carbocycles. The van der Waals surface area contributed by atoms with E-state index in [-0.39, 0.29) is 0 Å². The number of benzene rings is 7. The summed E-state index contributed by atoms with van der Waals surface area (Å²) in [5.41, 5.74) is 12.3. The molecule has 0 aliphatic rings. The minimum atomic E-state index is 0.906. The second-order valence-electron chi connectivity index (χ2n) is 11.4. The van der Waals surface area contributed by atoms with E-state index in [1.54, 1.807) is 0 Å². The molecule has 9 aromatic rings. The zero-order valence-electron chi connectivity index (χ0n) is 23.9. The van der Waals surface area contributed by atoms with Crippen LogP contribution in [0.5, 0.6) is 0 Å². The van der Waals surface area contributed by atoms with Gasteiger partial charge in [0.2, 0.25) is 0 Å². The number of hydrogen-bond donors (Lipinski definition) is 0. The average Bonchev–Trinajstić information content (AvgIpc) is 3.65. The summed E-state index contributed by atoms with van der Waals surface area (Å²) in [5, 5.41) is 4.66. The largest absolute Gasteiger partial charge is 0.454 e. The van der Waals surface area contributed by atoms with Crippen molar-refractivity contribution in [3.63, 3.8) is 0 Å². The third kappa shape index (κ3) is 3.89. The summed E-state index contributed by atoms with van der Waals surface area (Å²) in [5.74, 6) is 0. The molecule has 0 atom stereocenters.